The molecule has 0 radical (unpaired) electrons. The van der Waals surface area contributed by atoms with Gasteiger partial charge in [-0.1, -0.05) is 77.0 Å². The van der Waals surface area contributed by atoms with Crippen molar-refractivity contribution in [2.45, 2.75) is 160 Å². The lowest BCUT2D eigenvalue weighted by molar-refractivity contribution is 0.0283. The molecule has 0 heterocycles. The lowest BCUT2D eigenvalue weighted by atomic mass is 9.88. The van der Waals surface area contributed by atoms with Crippen LogP contribution in [-0.2, 0) is 9.47 Å². The van der Waals surface area contributed by atoms with Gasteiger partial charge >= 0.3 is 11.9 Å². The number of carbonyl (C=O) groups is 2. The molecule has 240 valence electrons. The minimum Gasteiger partial charge on any atom is -0.461 e. The lowest BCUT2D eigenvalue weighted by Crippen LogP contribution is -2.46. The molecule has 0 atom stereocenters. The Hall–Kier alpha value is -1.92. The van der Waals surface area contributed by atoms with Gasteiger partial charge in [-0.15, -0.1) is 0 Å². The fraction of sp³-hybridized carbons (Fsp3) is 0.784. The van der Waals surface area contributed by atoms with E-state index in [1.54, 1.807) is 18.2 Å². The standard InChI is InChI=1S/C37H58N2O4/c1-29-28-30(36(40)42-26-24-38(31-14-6-2-7-15-31)32-16-8-3-9-17-32)22-23-35(29)37(41)43-27-25-39(33-18-10-4-11-19-33)34-20-12-5-13-21-34/h22-23,28,31-34H,2-21,24-27H2,1H3. The van der Waals surface area contributed by atoms with E-state index >= 15 is 0 Å². The minimum atomic E-state index is -0.300. The summed E-state index contributed by atoms with van der Waals surface area (Å²) in [6.07, 6.45) is 26.2. The third kappa shape index (κ3) is 9.29. The Balaban J connectivity index is 1.10. The maximum Gasteiger partial charge on any atom is 0.338 e. The molecule has 0 aliphatic heterocycles. The van der Waals surface area contributed by atoms with Crippen molar-refractivity contribution in [3.63, 3.8) is 0 Å². The fourth-order valence-corrected chi connectivity index (χ4v) is 8.65. The van der Waals surface area contributed by atoms with E-state index in [0.29, 0.717) is 48.5 Å². The van der Waals surface area contributed by atoms with Gasteiger partial charge in [0.1, 0.15) is 13.2 Å². The van der Waals surface area contributed by atoms with E-state index in [2.05, 4.69) is 9.80 Å². The molecule has 4 aliphatic carbocycles. The second-order valence-electron chi connectivity index (χ2n) is 13.9. The molecule has 0 N–H and O–H groups in total. The number of nitrogens with zero attached hydrogens (tertiary/aromatic N) is 2. The summed E-state index contributed by atoms with van der Waals surface area (Å²) in [5, 5.41) is 0. The van der Waals surface area contributed by atoms with Gasteiger partial charge in [0.15, 0.2) is 0 Å². The summed E-state index contributed by atoms with van der Waals surface area (Å²) < 4.78 is 11.6. The Labute approximate surface area is 261 Å². The van der Waals surface area contributed by atoms with Crippen LogP contribution in [0.4, 0.5) is 0 Å². The highest BCUT2D eigenvalue weighted by Crippen LogP contribution is 2.31. The topological polar surface area (TPSA) is 59.1 Å². The smallest absolute Gasteiger partial charge is 0.338 e. The molecule has 1 aromatic carbocycles. The molecule has 4 fully saturated rings. The first-order chi connectivity index (χ1) is 21.1. The molecular formula is C37H58N2O4. The molecule has 4 saturated carbocycles. The third-order valence-electron chi connectivity index (χ3n) is 11.0. The van der Waals surface area contributed by atoms with Crippen molar-refractivity contribution in [2.75, 3.05) is 26.3 Å². The van der Waals surface area contributed by atoms with Crippen LogP contribution >= 0.6 is 0 Å². The molecule has 0 aromatic heterocycles. The highest BCUT2D eigenvalue weighted by atomic mass is 16.5. The lowest BCUT2D eigenvalue weighted by Gasteiger charge is -2.41. The summed E-state index contributed by atoms with van der Waals surface area (Å²) in [4.78, 5) is 31.4. The number of hydrogen-bond donors (Lipinski definition) is 0. The van der Waals surface area contributed by atoms with Crippen LogP contribution in [0.2, 0.25) is 0 Å². The Morgan fingerprint density at radius 1 is 0.581 bits per heavy atom. The van der Waals surface area contributed by atoms with E-state index < -0.39 is 0 Å². The third-order valence-corrected chi connectivity index (χ3v) is 11.0. The second-order valence-corrected chi connectivity index (χ2v) is 13.9. The van der Waals surface area contributed by atoms with Crippen LogP contribution in [0.25, 0.3) is 0 Å². The molecule has 6 nitrogen and oxygen atoms in total. The van der Waals surface area contributed by atoms with Crippen LogP contribution in [0.3, 0.4) is 0 Å². The Kier molecular flexibility index (Phi) is 12.8. The van der Waals surface area contributed by atoms with E-state index in [1.807, 2.05) is 6.92 Å². The van der Waals surface area contributed by atoms with Crippen LogP contribution in [0.15, 0.2) is 18.2 Å². The van der Waals surface area contributed by atoms with E-state index in [0.717, 1.165) is 18.7 Å². The zero-order chi connectivity index (χ0) is 29.9. The van der Waals surface area contributed by atoms with Crippen LogP contribution in [0, 0.1) is 6.92 Å². The van der Waals surface area contributed by atoms with Crippen molar-refractivity contribution in [2.24, 2.45) is 0 Å². The van der Waals surface area contributed by atoms with Gasteiger partial charge in [0, 0.05) is 37.3 Å². The van der Waals surface area contributed by atoms with Crippen molar-refractivity contribution >= 4 is 11.9 Å². The molecule has 0 amide bonds. The molecule has 0 unspecified atom stereocenters. The zero-order valence-electron chi connectivity index (χ0n) is 27.0. The highest BCUT2D eigenvalue weighted by molar-refractivity contribution is 5.94. The van der Waals surface area contributed by atoms with Crippen LogP contribution in [0.5, 0.6) is 0 Å². The number of benzene rings is 1. The van der Waals surface area contributed by atoms with Crippen molar-refractivity contribution in [1.82, 2.24) is 9.80 Å². The Bertz CT molecular complexity index is 968. The highest BCUT2D eigenvalue weighted by Gasteiger charge is 2.30. The molecular weight excluding hydrogens is 536 g/mol. The number of hydrogen-bond acceptors (Lipinski definition) is 6. The monoisotopic (exact) mass is 594 g/mol. The van der Waals surface area contributed by atoms with E-state index in [1.165, 1.54) is 128 Å². The minimum absolute atomic E-state index is 0.291. The summed E-state index contributed by atoms with van der Waals surface area (Å²) in [5.74, 6) is -0.592. The van der Waals surface area contributed by atoms with Crippen LogP contribution < -0.4 is 0 Å². The SMILES string of the molecule is Cc1cc(C(=O)OCCN(C2CCCCC2)C2CCCCC2)ccc1C(=O)OCCN(C1CCCCC1)C1CCCCC1. The zero-order valence-corrected chi connectivity index (χ0v) is 27.0. The Morgan fingerprint density at radius 3 is 1.33 bits per heavy atom. The maximum atomic E-state index is 13.1. The first kappa shape index (κ1) is 32.5. The number of ether oxygens (including phenoxy) is 2. The van der Waals surface area contributed by atoms with Gasteiger partial charge in [-0.3, -0.25) is 9.80 Å². The number of esters is 2. The number of carbonyl (C=O) groups excluding carboxylic acids is 2. The van der Waals surface area contributed by atoms with E-state index in [9.17, 15) is 9.59 Å². The summed E-state index contributed by atoms with van der Waals surface area (Å²) in [6, 6.07) is 7.81. The molecule has 0 spiro atoms. The van der Waals surface area contributed by atoms with Gasteiger partial charge in [-0.05, 0) is 82.1 Å². The average molecular weight is 595 g/mol. The molecule has 0 saturated heterocycles. The molecule has 4 aliphatic rings. The predicted molar refractivity (Wildman–Crippen MR) is 173 cm³/mol. The van der Waals surface area contributed by atoms with Crippen LogP contribution in [0.1, 0.15) is 155 Å². The molecule has 0 bridgehead atoms. The molecule has 6 heteroatoms. The average Bonchev–Trinajstić information content (AvgIpc) is 3.06. The number of rotatable bonds is 12. The van der Waals surface area contributed by atoms with Gasteiger partial charge < -0.3 is 9.47 Å². The van der Waals surface area contributed by atoms with Gasteiger partial charge in [0.25, 0.3) is 0 Å². The molecule has 43 heavy (non-hydrogen) atoms. The van der Waals surface area contributed by atoms with Crippen molar-refractivity contribution in [1.29, 1.82) is 0 Å². The molecule has 5 rings (SSSR count). The van der Waals surface area contributed by atoms with Gasteiger partial charge in [-0.25, -0.2) is 9.59 Å². The van der Waals surface area contributed by atoms with E-state index in [-0.39, 0.29) is 11.9 Å². The Morgan fingerprint density at radius 2 is 0.953 bits per heavy atom. The summed E-state index contributed by atoms with van der Waals surface area (Å²) >= 11 is 0. The predicted octanol–water partition coefficient (Wildman–Crippen LogP) is 8.24. The normalized spacial score (nSPS) is 21.7. The van der Waals surface area contributed by atoms with Gasteiger partial charge in [0.05, 0.1) is 11.1 Å². The van der Waals surface area contributed by atoms with Crippen LogP contribution in [-0.4, -0.2) is 72.2 Å². The van der Waals surface area contributed by atoms with Gasteiger partial charge in [0.2, 0.25) is 0 Å². The second kappa shape index (κ2) is 17.0. The first-order valence-electron chi connectivity index (χ1n) is 18.1. The quantitative estimate of drug-likeness (QED) is 0.227. The van der Waals surface area contributed by atoms with Crippen molar-refractivity contribution < 1.29 is 19.1 Å². The van der Waals surface area contributed by atoms with Crippen molar-refractivity contribution in [3.05, 3.63) is 34.9 Å². The summed E-state index contributed by atoms with van der Waals surface area (Å²) in [7, 11) is 0. The first-order valence-corrected chi connectivity index (χ1v) is 18.1. The van der Waals surface area contributed by atoms with E-state index in [4.69, 9.17) is 9.47 Å². The summed E-state index contributed by atoms with van der Waals surface area (Å²) in [6.45, 7) is 4.38. The summed E-state index contributed by atoms with van der Waals surface area (Å²) in [5.41, 5.74) is 1.82. The molecule has 1 aromatic rings. The maximum absolute atomic E-state index is 13.1. The van der Waals surface area contributed by atoms with Gasteiger partial charge in [-0.2, -0.15) is 0 Å². The largest absolute Gasteiger partial charge is 0.461 e. The number of aryl methyl sites for hydroxylation is 1. The fourth-order valence-electron chi connectivity index (χ4n) is 8.65. The van der Waals surface area contributed by atoms with Crippen molar-refractivity contribution in [3.8, 4) is 0 Å².